The maximum Gasteiger partial charge on any atom is 0.319 e. The van der Waals surface area contributed by atoms with Crippen LogP contribution in [0.3, 0.4) is 0 Å². The summed E-state index contributed by atoms with van der Waals surface area (Å²) in [5.74, 6) is 1.33. The van der Waals surface area contributed by atoms with E-state index in [-0.39, 0.29) is 5.97 Å². The van der Waals surface area contributed by atoms with Gasteiger partial charge in [-0.15, -0.1) is 0 Å². The fraction of sp³-hybridized carbons (Fsp3) is 0.533. The highest BCUT2D eigenvalue weighted by molar-refractivity contribution is 5.71. The first-order chi connectivity index (χ1) is 9.22. The molecule has 1 aromatic rings. The van der Waals surface area contributed by atoms with Crippen molar-refractivity contribution in [1.29, 1.82) is 0 Å². The smallest absolute Gasteiger partial charge is 0.319 e. The summed E-state index contributed by atoms with van der Waals surface area (Å²) in [6.07, 6.45) is 2.17. The molecule has 1 heterocycles. The van der Waals surface area contributed by atoms with Gasteiger partial charge in [0.05, 0.1) is 20.8 Å². The summed E-state index contributed by atoms with van der Waals surface area (Å²) in [4.78, 5) is 13.4. The van der Waals surface area contributed by atoms with Gasteiger partial charge in [0, 0.05) is 0 Å². The predicted molar refractivity (Wildman–Crippen MR) is 73.4 cm³/mol. The number of hydrogen-bond donors (Lipinski definition) is 0. The molecule has 1 aliphatic rings. The van der Waals surface area contributed by atoms with Gasteiger partial charge in [-0.05, 0) is 49.5 Å². The average molecular weight is 263 g/mol. The zero-order valence-corrected chi connectivity index (χ0v) is 11.6. The van der Waals surface area contributed by atoms with E-state index in [2.05, 4.69) is 17.0 Å². The van der Waals surface area contributed by atoms with E-state index in [1.807, 2.05) is 12.1 Å². The van der Waals surface area contributed by atoms with E-state index >= 15 is 0 Å². The van der Waals surface area contributed by atoms with Crippen molar-refractivity contribution < 1.29 is 14.3 Å². The van der Waals surface area contributed by atoms with Gasteiger partial charge in [0.2, 0.25) is 0 Å². The zero-order chi connectivity index (χ0) is 13.7. The van der Waals surface area contributed by atoms with Crippen molar-refractivity contribution in [3.63, 3.8) is 0 Å². The molecule has 4 nitrogen and oxygen atoms in total. The molecule has 0 aliphatic carbocycles. The van der Waals surface area contributed by atoms with Crippen LogP contribution in [0.25, 0.3) is 0 Å². The maximum absolute atomic E-state index is 11.2. The summed E-state index contributed by atoms with van der Waals surface area (Å²) in [6, 6.07) is 8.30. The summed E-state index contributed by atoms with van der Waals surface area (Å²) in [5, 5.41) is 0. The lowest BCUT2D eigenvalue weighted by Gasteiger charge is -2.31. The van der Waals surface area contributed by atoms with Gasteiger partial charge >= 0.3 is 5.97 Å². The Morgan fingerprint density at radius 1 is 1.21 bits per heavy atom. The molecule has 0 unspecified atom stereocenters. The van der Waals surface area contributed by atoms with Crippen LogP contribution in [0.1, 0.15) is 24.3 Å². The molecule has 19 heavy (non-hydrogen) atoms. The Bertz CT molecular complexity index is 408. The van der Waals surface area contributed by atoms with E-state index in [9.17, 15) is 4.79 Å². The Balaban J connectivity index is 1.86. The van der Waals surface area contributed by atoms with Crippen LogP contribution in [0.5, 0.6) is 5.75 Å². The van der Waals surface area contributed by atoms with Gasteiger partial charge in [0.15, 0.2) is 0 Å². The fourth-order valence-corrected chi connectivity index (χ4v) is 2.55. The lowest BCUT2D eigenvalue weighted by molar-refractivity contribution is -0.142. The Labute approximate surface area is 114 Å². The van der Waals surface area contributed by atoms with Gasteiger partial charge in [0.25, 0.3) is 0 Å². The molecule has 0 bridgehead atoms. The quantitative estimate of drug-likeness (QED) is 0.779. The second-order valence-electron chi connectivity index (χ2n) is 4.90. The van der Waals surface area contributed by atoms with Crippen molar-refractivity contribution in [2.75, 3.05) is 33.9 Å². The van der Waals surface area contributed by atoms with Crippen molar-refractivity contribution in [2.45, 2.75) is 18.8 Å². The summed E-state index contributed by atoms with van der Waals surface area (Å²) in [6.45, 7) is 2.31. The molecule has 0 spiro atoms. The largest absolute Gasteiger partial charge is 0.497 e. The van der Waals surface area contributed by atoms with Gasteiger partial charge in [-0.1, -0.05) is 12.1 Å². The summed E-state index contributed by atoms with van der Waals surface area (Å²) in [5.41, 5.74) is 1.36. The number of esters is 1. The summed E-state index contributed by atoms with van der Waals surface area (Å²) >= 11 is 0. The van der Waals surface area contributed by atoms with Crippen LogP contribution in [-0.4, -0.2) is 44.7 Å². The molecule has 0 atom stereocenters. The van der Waals surface area contributed by atoms with E-state index in [1.165, 1.54) is 12.7 Å². The van der Waals surface area contributed by atoms with Crippen molar-refractivity contribution in [1.82, 2.24) is 4.90 Å². The van der Waals surface area contributed by atoms with Crippen LogP contribution in [0.4, 0.5) is 0 Å². The van der Waals surface area contributed by atoms with Crippen LogP contribution >= 0.6 is 0 Å². The Morgan fingerprint density at radius 3 is 2.37 bits per heavy atom. The molecule has 4 heteroatoms. The highest BCUT2D eigenvalue weighted by atomic mass is 16.5. The lowest BCUT2D eigenvalue weighted by atomic mass is 9.89. The molecule has 0 radical (unpaired) electrons. The van der Waals surface area contributed by atoms with Crippen molar-refractivity contribution >= 4 is 5.97 Å². The number of carbonyl (C=O) groups is 1. The first-order valence-corrected chi connectivity index (χ1v) is 6.66. The monoisotopic (exact) mass is 263 g/mol. The minimum atomic E-state index is -0.150. The SMILES string of the molecule is COC(=O)CN1CCC(c2ccc(OC)cc2)CC1. The zero-order valence-electron chi connectivity index (χ0n) is 11.6. The second-order valence-corrected chi connectivity index (χ2v) is 4.90. The van der Waals surface area contributed by atoms with Crippen molar-refractivity contribution in [2.24, 2.45) is 0 Å². The molecular formula is C15H21NO3. The third-order valence-electron chi connectivity index (χ3n) is 3.76. The number of piperidine rings is 1. The number of ether oxygens (including phenoxy) is 2. The number of likely N-dealkylation sites (tertiary alicyclic amines) is 1. The van der Waals surface area contributed by atoms with Crippen molar-refractivity contribution in [3.05, 3.63) is 29.8 Å². The molecule has 0 saturated carbocycles. The third kappa shape index (κ3) is 3.70. The number of hydrogen-bond acceptors (Lipinski definition) is 4. The molecule has 0 amide bonds. The number of nitrogens with zero attached hydrogens (tertiary/aromatic N) is 1. The summed E-state index contributed by atoms with van der Waals surface area (Å²) < 4.78 is 9.87. The average Bonchev–Trinajstić information content (AvgIpc) is 2.48. The molecular weight excluding hydrogens is 242 g/mol. The minimum Gasteiger partial charge on any atom is -0.497 e. The first-order valence-electron chi connectivity index (χ1n) is 6.66. The normalized spacial score (nSPS) is 17.2. The van der Waals surface area contributed by atoms with Crippen molar-refractivity contribution in [3.8, 4) is 5.75 Å². The van der Waals surface area contributed by atoms with Crippen LogP contribution in [0, 0.1) is 0 Å². The number of methoxy groups -OCH3 is 2. The van der Waals surface area contributed by atoms with Crippen LogP contribution in [0.15, 0.2) is 24.3 Å². The number of rotatable bonds is 4. The molecule has 1 aliphatic heterocycles. The predicted octanol–water partition coefficient (Wildman–Crippen LogP) is 2.05. The van der Waals surface area contributed by atoms with E-state index in [0.29, 0.717) is 12.5 Å². The van der Waals surface area contributed by atoms with Gasteiger partial charge in [-0.3, -0.25) is 9.69 Å². The van der Waals surface area contributed by atoms with Crippen LogP contribution < -0.4 is 4.74 Å². The molecule has 0 aromatic heterocycles. The Morgan fingerprint density at radius 2 is 1.84 bits per heavy atom. The topological polar surface area (TPSA) is 38.8 Å². The Kier molecular flexibility index (Phi) is 4.80. The van der Waals surface area contributed by atoms with Gasteiger partial charge < -0.3 is 9.47 Å². The summed E-state index contributed by atoms with van der Waals surface area (Å²) in [7, 11) is 3.12. The Hall–Kier alpha value is -1.55. The minimum absolute atomic E-state index is 0.150. The number of benzene rings is 1. The maximum atomic E-state index is 11.2. The van der Waals surface area contributed by atoms with Gasteiger partial charge in [-0.25, -0.2) is 0 Å². The van der Waals surface area contributed by atoms with E-state index in [1.54, 1.807) is 7.11 Å². The highest BCUT2D eigenvalue weighted by Gasteiger charge is 2.22. The van der Waals surface area contributed by atoms with Gasteiger partial charge in [-0.2, -0.15) is 0 Å². The molecule has 1 saturated heterocycles. The fourth-order valence-electron chi connectivity index (χ4n) is 2.55. The molecule has 2 rings (SSSR count). The molecule has 1 fully saturated rings. The molecule has 0 N–H and O–H groups in total. The lowest BCUT2D eigenvalue weighted by Crippen LogP contribution is -2.37. The van der Waals surface area contributed by atoms with Gasteiger partial charge in [0.1, 0.15) is 5.75 Å². The standard InChI is InChI=1S/C15H21NO3/c1-18-14-5-3-12(4-6-14)13-7-9-16(10-8-13)11-15(17)19-2/h3-6,13H,7-11H2,1-2H3. The third-order valence-corrected chi connectivity index (χ3v) is 3.76. The molecule has 1 aromatic carbocycles. The first kappa shape index (κ1) is 13.9. The van der Waals surface area contributed by atoms with E-state index in [0.717, 1.165) is 31.7 Å². The number of carbonyl (C=O) groups excluding carboxylic acids is 1. The highest BCUT2D eigenvalue weighted by Crippen LogP contribution is 2.29. The second kappa shape index (κ2) is 6.57. The van der Waals surface area contributed by atoms with Crippen LogP contribution in [0.2, 0.25) is 0 Å². The molecule has 104 valence electrons. The van der Waals surface area contributed by atoms with E-state index in [4.69, 9.17) is 9.47 Å². The van der Waals surface area contributed by atoms with Crippen LogP contribution in [-0.2, 0) is 9.53 Å². The van der Waals surface area contributed by atoms with E-state index < -0.39 is 0 Å².